The Morgan fingerprint density at radius 1 is 1.18 bits per heavy atom. The van der Waals surface area contributed by atoms with Crippen molar-refractivity contribution in [1.82, 2.24) is 9.88 Å². The van der Waals surface area contributed by atoms with Crippen LogP contribution in [0.1, 0.15) is 37.7 Å². The summed E-state index contributed by atoms with van der Waals surface area (Å²) in [5, 5.41) is 12.6. The number of anilines is 2. The number of carboxylic acid groups (broad SMARTS) is 1. The van der Waals surface area contributed by atoms with E-state index < -0.39 is 11.8 Å². The first-order valence-corrected chi connectivity index (χ1v) is 13.5. The molecule has 39 heavy (non-hydrogen) atoms. The van der Waals surface area contributed by atoms with E-state index in [1.54, 1.807) is 48.4 Å². The van der Waals surface area contributed by atoms with Crippen LogP contribution >= 0.6 is 11.6 Å². The van der Waals surface area contributed by atoms with Crippen molar-refractivity contribution >= 4 is 46.3 Å². The molecule has 1 aromatic heterocycles. The van der Waals surface area contributed by atoms with Crippen LogP contribution in [0.25, 0.3) is 11.1 Å². The van der Waals surface area contributed by atoms with E-state index in [1.807, 2.05) is 0 Å². The highest BCUT2D eigenvalue weighted by Crippen LogP contribution is 2.31. The van der Waals surface area contributed by atoms with Crippen molar-refractivity contribution in [3.05, 3.63) is 52.8 Å². The molecule has 2 fully saturated rings. The smallest absolute Gasteiger partial charge is 0.306 e. The Kier molecular flexibility index (Phi) is 8.34. The number of benzene rings is 2. The number of nitrogens with zero attached hydrogens (tertiary/aromatic N) is 2. The first kappa shape index (κ1) is 27.4. The number of hydrogen-bond donors (Lipinski definition) is 2. The summed E-state index contributed by atoms with van der Waals surface area (Å²) in [6, 6.07) is 10.1. The van der Waals surface area contributed by atoms with E-state index in [2.05, 4.69) is 10.3 Å². The monoisotopic (exact) mass is 559 g/mol. The fourth-order valence-electron chi connectivity index (χ4n) is 5.36. The van der Waals surface area contributed by atoms with Crippen molar-refractivity contribution in [3.8, 4) is 0 Å². The zero-order chi connectivity index (χ0) is 27.5. The van der Waals surface area contributed by atoms with E-state index >= 15 is 4.39 Å². The Morgan fingerprint density at radius 3 is 2.67 bits per heavy atom. The van der Waals surface area contributed by atoms with Crippen LogP contribution in [0.15, 0.2) is 40.8 Å². The molecule has 3 aromatic rings. The molecule has 0 bridgehead atoms. The van der Waals surface area contributed by atoms with Gasteiger partial charge in [-0.15, -0.1) is 0 Å². The van der Waals surface area contributed by atoms with Gasteiger partial charge in [-0.05, 0) is 50.3 Å². The molecular formula is C28H31ClFN3O6. The number of nitrogens with one attached hydrogen (secondary N) is 1. The number of aliphatic carboxylic acids is 1. The lowest BCUT2D eigenvalue weighted by atomic mass is 9.87. The molecule has 2 atom stereocenters. The van der Waals surface area contributed by atoms with Crippen LogP contribution in [0.4, 0.5) is 16.1 Å². The van der Waals surface area contributed by atoms with Crippen molar-refractivity contribution in [2.75, 3.05) is 25.6 Å². The number of halogens is 2. The van der Waals surface area contributed by atoms with Gasteiger partial charge >= 0.3 is 5.97 Å². The molecule has 2 aliphatic rings. The van der Waals surface area contributed by atoms with Gasteiger partial charge in [-0.3, -0.25) is 9.59 Å². The Morgan fingerprint density at radius 2 is 1.95 bits per heavy atom. The molecule has 1 amide bonds. The molecule has 11 heteroatoms. The molecule has 1 saturated heterocycles. The summed E-state index contributed by atoms with van der Waals surface area (Å²) in [6.45, 7) is 0.724. The Labute approximate surface area is 230 Å². The van der Waals surface area contributed by atoms with Crippen molar-refractivity contribution in [2.45, 2.75) is 56.8 Å². The van der Waals surface area contributed by atoms with E-state index in [4.69, 9.17) is 25.5 Å². The molecule has 1 saturated carbocycles. The van der Waals surface area contributed by atoms with Crippen molar-refractivity contribution in [2.24, 2.45) is 5.92 Å². The normalized spacial score (nSPS) is 23.3. The maximum atomic E-state index is 15.4. The predicted molar refractivity (Wildman–Crippen MR) is 143 cm³/mol. The molecule has 2 unspecified atom stereocenters. The Hall–Kier alpha value is -3.21. The van der Waals surface area contributed by atoms with E-state index in [9.17, 15) is 14.7 Å². The largest absolute Gasteiger partial charge is 0.481 e. The number of likely N-dealkylation sites (tertiary alicyclic amines) is 1. The third-order valence-corrected chi connectivity index (χ3v) is 7.94. The fraction of sp³-hybridized carbons (Fsp3) is 0.464. The minimum Gasteiger partial charge on any atom is -0.481 e. The summed E-state index contributed by atoms with van der Waals surface area (Å²) in [4.78, 5) is 30.5. The maximum Gasteiger partial charge on any atom is 0.306 e. The molecule has 0 radical (unpaired) electrons. The highest BCUT2D eigenvalue weighted by atomic mass is 35.5. The third kappa shape index (κ3) is 6.18. The van der Waals surface area contributed by atoms with Gasteiger partial charge in [0.15, 0.2) is 11.4 Å². The molecule has 2 N–H and O–H groups in total. The predicted octanol–water partition coefficient (Wildman–Crippen LogP) is 5.18. The van der Waals surface area contributed by atoms with Gasteiger partial charge in [-0.25, -0.2) is 4.39 Å². The number of fused-ring (bicyclic) bond motifs is 1. The average Bonchev–Trinajstić information content (AvgIpc) is 3.55. The molecule has 208 valence electrons. The van der Waals surface area contributed by atoms with E-state index in [-0.39, 0.29) is 53.7 Å². The van der Waals surface area contributed by atoms with Gasteiger partial charge in [0.05, 0.1) is 47.9 Å². The SMILES string of the molecule is COC1CC(COC2CCC(C(=O)O)CC2)N(C(=O)Cc2ccc3nc(Nc4ccccc4Cl)oc3c2F)C1. The molecule has 2 aromatic carbocycles. The summed E-state index contributed by atoms with van der Waals surface area (Å²) in [6.07, 6.45) is 2.85. The lowest BCUT2D eigenvalue weighted by Crippen LogP contribution is -2.40. The third-order valence-electron chi connectivity index (χ3n) is 7.61. The number of para-hydroxylation sites is 1. The molecule has 1 aliphatic heterocycles. The van der Waals surface area contributed by atoms with Crippen LogP contribution in [-0.4, -0.2) is 65.4 Å². The second-order valence-corrected chi connectivity index (χ2v) is 10.5. The number of amides is 1. The number of carbonyl (C=O) groups excluding carboxylic acids is 1. The van der Waals surface area contributed by atoms with Crippen LogP contribution in [0.5, 0.6) is 0 Å². The second-order valence-electron chi connectivity index (χ2n) is 10.1. The molecule has 1 aliphatic carbocycles. The summed E-state index contributed by atoms with van der Waals surface area (Å²) >= 11 is 6.18. The number of aromatic nitrogens is 1. The maximum absolute atomic E-state index is 15.4. The number of rotatable bonds is 9. The summed E-state index contributed by atoms with van der Waals surface area (Å²) in [5.41, 5.74) is 1.07. The van der Waals surface area contributed by atoms with Crippen LogP contribution in [0.3, 0.4) is 0 Å². The average molecular weight is 560 g/mol. The van der Waals surface area contributed by atoms with Gasteiger partial charge in [0.25, 0.3) is 6.01 Å². The molecule has 9 nitrogen and oxygen atoms in total. The molecule has 0 spiro atoms. The minimum absolute atomic E-state index is 0.0287. The zero-order valence-corrected chi connectivity index (χ0v) is 22.3. The summed E-state index contributed by atoms with van der Waals surface area (Å²) in [7, 11) is 1.61. The summed E-state index contributed by atoms with van der Waals surface area (Å²) < 4.78 is 32.7. The first-order valence-electron chi connectivity index (χ1n) is 13.1. The number of hydrogen-bond acceptors (Lipinski definition) is 7. The van der Waals surface area contributed by atoms with Gasteiger partial charge in [0.2, 0.25) is 5.91 Å². The second kappa shape index (κ2) is 11.9. The van der Waals surface area contributed by atoms with Crippen molar-refractivity contribution in [3.63, 3.8) is 0 Å². The number of ether oxygens (including phenoxy) is 2. The fourth-order valence-corrected chi connectivity index (χ4v) is 5.55. The van der Waals surface area contributed by atoms with Crippen molar-refractivity contribution in [1.29, 1.82) is 0 Å². The summed E-state index contributed by atoms with van der Waals surface area (Å²) in [5.74, 6) is -1.93. The van der Waals surface area contributed by atoms with Crippen LogP contribution in [-0.2, 0) is 25.5 Å². The standard InChI is InChI=1S/C28H31ClFN3O6/c1-37-20-13-18(15-38-19-9-6-16(7-10-19)27(35)36)33(14-20)24(34)12-17-8-11-23-26(25(17)30)39-28(32-23)31-22-5-3-2-4-21(22)29/h2-5,8,11,16,18-20H,6-7,9-10,12-15H2,1H3,(H,31,32)(H,35,36). The number of oxazole rings is 1. The Bertz CT molecular complexity index is 1340. The lowest BCUT2D eigenvalue weighted by molar-refractivity contribution is -0.144. The van der Waals surface area contributed by atoms with E-state index in [0.717, 1.165) is 0 Å². The zero-order valence-electron chi connectivity index (χ0n) is 21.6. The van der Waals surface area contributed by atoms with Crippen LogP contribution in [0, 0.1) is 11.7 Å². The highest BCUT2D eigenvalue weighted by molar-refractivity contribution is 6.33. The molecule has 2 heterocycles. The number of methoxy groups -OCH3 is 1. The van der Waals surface area contributed by atoms with Gasteiger partial charge in [-0.1, -0.05) is 29.8 Å². The number of carboxylic acids is 1. The van der Waals surface area contributed by atoms with Gasteiger partial charge in [-0.2, -0.15) is 4.98 Å². The molecule has 5 rings (SSSR count). The highest BCUT2D eigenvalue weighted by Gasteiger charge is 2.37. The van der Waals surface area contributed by atoms with Gasteiger partial charge in [0.1, 0.15) is 5.52 Å². The quantitative estimate of drug-likeness (QED) is 0.368. The van der Waals surface area contributed by atoms with Gasteiger partial charge in [0, 0.05) is 19.2 Å². The van der Waals surface area contributed by atoms with E-state index in [0.29, 0.717) is 61.5 Å². The van der Waals surface area contributed by atoms with E-state index in [1.165, 1.54) is 0 Å². The van der Waals surface area contributed by atoms with Crippen LogP contribution < -0.4 is 5.32 Å². The van der Waals surface area contributed by atoms with Crippen molar-refractivity contribution < 1.29 is 33.0 Å². The minimum atomic E-state index is -0.757. The molecular weight excluding hydrogens is 529 g/mol. The van der Waals surface area contributed by atoms with Gasteiger partial charge < -0.3 is 29.2 Å². The lowest BCUT2D eigenvalue weighted by Gasteiger charge is -2.29. The topological polar surface area (TPSA) is 114 Å². The Balaban J connectivity index is 1.24. The number of carbonyl (C=O) groups is 2. The van der Waals surface area contributed by atoms with Crippen LogP contribution in [0.2, 0.25) is 5.02 Å². The first-order chi connectivity index (χ1) is 18.8.